The van der Waals surface area contributed by atoms with Gasteiger partial charge in [0.2, 0.25) is 0 Å². The highest BCUT2D eigenvalue weighted by Crippen LogP contribution is 2.31. The lowest BCUT2D eigenvalue weighted by Gasteiger charge is -2.15. The number of aryl methyl sites for hydroxylation is 1. The second-order valence-corrected chi connectivity index (χ2v) is 5.65. The van der Waals surface area contributed by atoms with E-state index in [1.165, 1.54) is 5.56 Å². The lowest BCUT2D eigenvalue weighted by molar-refractivity contribution is -0.113. The number of carbonyl (C=O) groups is 1. The zero-order chi connectivity index (χ0) is 15.1. The Morgan fingerprint density at radius 2 is 1.90 bits per heavy atom. The highest BCUT2D eigenvalue weighted by molar-refractivity contribution is 8.04. The van der Waals surface area contributed by atoms with Crippen molar-refractivity contribution in [2.24, 2.45) is 0 Å². The van der Waals surface area contributed by atoms with E-state index in [4.69, 9.17) is 5.73 Å². The summed E-state index contributed by atoms with van der Waals surface area (Å²) in [4.78, 5) is 14.2. The van der Waals surface area contributed by atoms with Crippen LogP contribution in [0.4, 0.5) is 5.69 Å². The normalized spacial score (nSPS) is 14.1. The fourth-order valence-electron chi connectivity index (χ4n) is 1.93. The van der Waals surface area contributed by atoms with Crippen LogP contribution < -0.4 is 5.73 Å². The number of nitrogens with two attached hydrogens (primary N) is 1. The Balaban J connectivity index is 0.000000204. The van der Waals surface area contributed by atoms with Crippen molar-refractivity contribution in [3.63, 3.8) is 0 Å². The van der Waals surface area contributed by atoms with Gasteiger partial charge in [0.15, 0.2) is 5.78 Å². The molecule has 1 aromatic carbocycles. The van der Waals surface area contributed by atoms with Gasteiger partial charge in [-0.2, -0.15) is 0 Å². The minimum Gasteiger partial charge on any atom is -0.399 e. The fraction of sp³-hybridized carbons (Fsp3) is 0.438. The van der Waals surface area contributed by atoms with Gasteiger partial charge in [0.25, 0.3) is 0 Å². The summed E-state index contributed by atoms with van der Waals surface area (Å²) >= 11 is 1.65. The molecule has 4 heteroatoms. The van der Waals surface area contributed by atoms with Crippen molar-refractivity contribution < 1.29 is 4.79 Å². The molecule has 1 aromatic rings. The number of ketones is 1. The molecule has 1 aliphatic heterocycles. The molecule has 0 aliphatic carbocycles. The zero-order valence-electron chi connectivity index (χ0n) is 12.8. The number of rotatable bonds is 3. The van der Waals surface area contributed by atoms with E-state index in [1.54, 1.807) is 18.7 Å². The smallest absolute Gasteiger partial charge is 0.167 e. The third kappa shape index (κ3) is 4.60. The van der Waals surface area contributed by atoms with Gasteiger partial charge in [0.05, 0.1) is 10.8 Å². The molecule has 0 saturated carbocycles. The molecule has 1 aliphatic rings. The summed E-state index contributed by atoms with van der Waals surface area (Å²) in [5.74, 6) is 1.14. The number of allylic oxidation sites excluding steroid dienone is 2. The van der Waals surface area contributed by atoms with E-state index in [1.807, 2.05) is 19.1 Å². The molecule has 0 unspecified atom stereocenters. The summed E-state index contributed by atoms with van der Waals surface area (Å²) in [6.45, 7) is 8.87. The first kappa shape index (κ1) is 16.6. The van der Waals surface area contributed by atoms with E-state index < -0.39 is 0 Å². The topological polar surface area (TPSA) is 46.3 Å². The van der Waals surface area contributed by atoms with Crippen LogP contribution in [0.25, 0.3) is 0 Å². The van der Waals surface area contributed by atoms with E-state index in [0.29, 0.717) is 0 Å². The Morgan fingerprint density at radius 3 is 2.25 bits per heavy atom. The number of nitrogen functional groups attached to an aromatic ring is 1. The van der Waals surface area contributed by atoms with Gasteiger partial charge in [-0.3, -0.25) is 4.79 Å². The Bertz CT molecular complexity index is 480. The molecule has 1 heterocycles. The highest BCUT2D eigenvalue weighted by atomic mass is 32.2. The Labute approximate surface area is 126 Å². The van der Waals surface area contributed by atoms with Crippen molar-refractivity contribution in [1.29, 1.82) is 0 Å². The highest BCUT2D eigenvalue weighted by Gasteiger charge is 2.20. The molecule has 2 rings (SSSR count). The molecule has 110 valence electrons. The average molecular weight is 292 g/mol. The second kappa shape index (κ2) is 8.00. The van der Waals surface area contributed by atoms with Gasteiger partial charge in [-0.05, 0) is 44.9 Å². The lowest BCUT2D eigenvalue weighted by Crippen LogP contribution is -2.16. The van der Waals surface area contributed by atoms with E-state index >= 15 is 0 Å². The van der Waals surface area contributed by atoms with Gasteiger partial charge >= 0.3 is 0 Å². The minimum absolute atomic E-state index is 0.198. The summed E-state index contributed by atoms with van der Waals surface area (Å²) in [6.07, 6.45) is 1.08. The fourth-order valence-corrected chi connectivity index (χ4v) is 3.13. The minimum atomic E-state index is 0.198. The van der Waals surface area contributed by atoms with Crippen molar-refractivity contribution in [3.8, 4) is 0 Å². The molecule has 20 heavy (non-hydrogen) atoms. The van der Waals surface area contributed by atoms with Crippen LogP contribution in [0.15, 0.2) is 34.9 Å². The van der Waals surface area contributed by atoms with Gasteiger partial charge in [-0.1, -0.05) is 30.8 Å². The first-order chi connectivity index (χ1) is 9.49. The number of thioether (sulfide) groups is 1. The maximum Gasteiger partial charge on any atom is 0.167 e. The Morgan fingerprint density at radius 1 is 1.30 bits per heavy atom. The van der Waals surface area contributed by atoms with Gasteiger partial charge < -0.3 is 10.6 Å². The Hall–Kier alpha value is -1.42. The number of Topliss-reactive ketones (excluding diaryl/α,β-unsaturated/α-hetero) is 1. The van der Waals surface area contributed by atoms with Crippen LogP contribution in [-0.2, 0) is 11.2 Å². The van der Waals surface area contributed by atoms with Crippen LogP contribution in [0.3, 0.4) is 0 Å². The molecule has 0 radical (unpaired) electrons. The van der Waals surface area contributed by atoms with Crippen molar-refractivity contribution >= 4 is 23.2 Å². The molecule has 0 bridgehead atoms. The monoisotopic (exact) mass is 292 g/mol. The molecular weight excluding hydrogens is 268 g/mol. The zero-order valence-corrected chi connectivity index (χ0v) is 13.6. The van der Waals surface area contributed by atoms with E-state index in [0.717, 1.165) is 35.1 Å². The van der Waals surface area contributed by atoms with Crippen molar-refractivity contribution in [3.05, 3.63) is 40.4 Å². The molecule has 0 saturated heterocycles. The summed E-state index contributed by atoms with van der Waals surface area (Å²) in [5, 5.41) is 0. The molecule has 0 amide bonds. The average Bonchev–Trinajstić information content (AvgIpc) is 2.81. The maximum absolute atomic E-state index is 11.0. The number of benzene rings is 1. The van der Waals surface area contributed by atoms with E-state index in [2.05, 4.69) is 30.9 Å². The first-order valence-electron chi connectivity index (χ1n) is 6.93. The first-order valence-corrected chi connectivity index (χ1v) is 7.92. The van der Waals surface area contributed by atoms with Crippen LogP contribution in [0.5, 0.6) is 0 Å². The molecule has 0 aromatic heterocycles. The number of hydrogen-bond acceptors (Lipinski definition) is 4. The molecule has 3 nitrogen and oxygen atoms in total. The van der Waals surface area contributed by atoms with Crippen LogP contribution in [0, 0.1) is 0 Å². The maximum atomic E-state index is 11.0. The van der Waals surface area contributed by atoms with E-state index in [9.17, 15) is 4.79 Å². The standard InChI is InChI=1S/C8H13NOS.C8H11N/c1-4-9-5-11-8(6(9)2)7(3)10;1-2-7-3-5-8(9)6-4-7/h4-5H2,1-3H3;3-6H,2,9H2,1H3. The summed E-state index contributed by atoms with van der Waals surface area (Å²) < 4.78 is 0. The Kier molecular flexibility index (Phi) is 6.65. The van der Waals surface area contributed by atoms with Crippen molar-refractivity contribution in [1.82, 2.24) is 4.90 Å². The predicted octanol–water partition coefficient (Wildman–Crippen LogP) is 3.66. The van der Waals surface area contributed by atoms with Crippen molar-refractivity contribution in [2.75, 3.05) is 18.2 Å². The van der Waals surface area contributed by atoms with Crippen molar-refractivity contribution in [2.45, 2.75) is 34.1 Å². The quantitative estimate of drug-likeness (QED) is 0.864. The third-order valence-electron chi connectivity index (χ3n) is 3.26. The predicted molar refractivity (Wildman–Crippen MR) is 88.5 cm³/mol. The molecule has 2 N–H and O–H groups in total. The second-order valence-electron chi connectivity index (χ2n) is 4.70. The van der Waals surface area contributed by atoms with Crippen LogP contribution in [0.1, 0.15) is 33.3 Å². The molecule has 0 fully saturated rings. The summed E-state index contributed by atoms with van der Waals surface area (Å²) in [6, 6.07) is 7.96. The van der Waals surface area contributed by atoms with Gasteiger partial charge in [0.1, 0.15) is 0 Å². The largest absolute Gasteiger partial charge is 0.399 e. The van der Waals surface area contributed by atoms with Gasteiger partial charge in [-0.25, -0.2) is 0 Å². The third-order valence-corrected chi connectivity index (χ3v) is 4.57. The molecular formula is C16H24N2OS. The number of nitrogens with zero attached hydrogens (tertiary/aromatic N) is 1. The summed E-state index contributed by atoms with van der Waals surface area (Å²) in [5.41, 5.74) is 8.80. The molecule has 0 spiro atoms. The lowest BCUT2D eigenvalue weighted by atomic mass is 10.2. The van der Waals surface area contributed by atoms with Gasteiger partial charge in [0, 0.05) is 17.9 Å². The van der Waals surface area contributed by atoms with Crippen LogP contribution >= 0.6 is 11.8 Å². The van der Waals surface area contributed by atoms with Crippen LogP contribution in [0.2, 0.25) is 0 Å². The number of anilines is 1. The van der Waals surface area contributed by atoms with Crippen LogP contribution in [-0.4, -0.2) is 23.1 Å². The summed E-state index contributed by atoms with van der Waals surface area (Å²) in [7, 11) is 0. The van der Waals surface area contributed by atoms with Gasteiger partial charge in [-0.15, -0.1) is 0 Å². The SMILES string of the molecule is CCN1CSC(C(C)=O)=C1C.CCc1ccc(N)cc1. The molecule has 0 atom stereocenters. The number of carbonyl (C=O) groups excluding carboxylic acids is 1. The number of hydrogen-bond donors (Lipinski definition) is 1. The van der Waals surface area contributed by atoms with E-state index in [-0.39, 0.29) is 5.78 Å².